The number of carbonyl (C=O) groups is 1. The standard InChI is InChI=1S/C16H24N2O4/c1-5-6-12-7-11(8-14(21-3)15(12)22-4)9-18-16(19)13(17)10-20-2/h5,7-8,13H,1,6,9-10,17H2,2-4H3,(H,18,19). The van der Waals surface area contributed by atoms with Crippen LogP contribution in [0.25, 0.3) is 0 Å². The average Bonchev–Trinajstić information content (AvgIpc) is 2.52. The minimum atomic E-state index is -0.683. The maximum Gasteiger partial charge on any atom is 0.239 e. The smallest absolute Gasteiger partial charge is 0.239 e. The Morgan fingerprint density at radius 2 is 2.09 bits per heavy atom. The fraction of sp³-hybridized carbons (Fsp3) is 0.438. The molecule has 6 nitrogen and oxygen atoms in total. The van der Waals surface area contributed by atoms with Crippen LogP contribution in [0.3, 0.4) is 0 Å². The number of ether oxygens (including phenoxy) is 3. The second-order valence-corrected chi connectivity index (χ2v) is 4.76. The van der Waals surface area contributed by atoms with E-state index in [2.05, 4.69) is 11.9 Å². The predicted molar refractivity (Wildman–Crippen MR) is 85.1 cm³/mol. The molecule has 1 unspecified atom stereocenters. The van der Waals surface area contributed by atoms with Crippen LogP contribution < -0.4 is 20.5 Å². The highest BCUT2D eigenvalue weighted by atomic mass is 16.5. The minimum absolute atomic E-state index is 0.180. The molecule has 6 heteroatoms. The van der Waals surface area contributed by atoms with E-state index in [1.54, 1.807) is 20.3 Å². The summed E-state index contributed by atoms with van der Waals surface area (Å²) in [6.45, 7) is 4.27. The molecule has 0 saturated carbocycles. The third-order valence-electron chi connectivity index (χ3n) is 3.13. The van der Waals surface area contributed by atoms with Gasteiger partial charge in [-0.15, -0.1) is 6.58 Å². The normalized spacial score (nSPS) is 11.6. The Morgan fingerprint density at radius 1 is 1.36 bits per heavy atom. The topological polar surface area (TPSA) is 82.8 Å². The number of hydrogen-bond donors (Lipinski definition) is 2. The number of rotatable bonds is 9. The number of carbonyl (C=O) groups excluding carboxylic acids is 1. The lowest BCUT2D eigenvalue weighted by molar-refractivity contribution is -0.123. The Balaban J connectivity index is 2.88. The Morgan fingerprint density at radius 3 is 2.64 bits per heavy atom. The average molecular weight is 308 g/mol. The van der Waals surface area contributed by atoms with Crippen molar-refractivity contribution in [1.29, 1.82) is 0 Å². The molecule has 1 rings (SSSR count). The van der Waals surface area contributed by atoms with Gasteiger partial charge >= 0.3 is 0 Å². The van der Waals surface area contributed by atoms with Gasteiger partial charge in [-0.1, -0.05) is 6.08 Å². The van der Waals surface area contributed by atoms with Crippen LogP contribution in [0.1, 0.15) is 11.1 Å². The van der Waals surface area contributed by atoms with Gasteiger partial charge in [0.15, 0.2) is 11.5 Å². The number of nitrogens with two attached hydrogens (primary N) is 1. The Bertz CT molecular complexity index is 517. The molecule has 0 aliphatic carbocycles. The molecule has 0 aromatic heterocycles. The molecule has 0 spiro atoms. The van der Waals surface area contributed by atoms with Crippen molar-refractivity contribution in [3.8, 4) is 11.5 Å². The van der Waals surface area contributed by atoms with Crippen molar-refractivity contribution in [3.63, 3.8) is 0 Å². The molecular formula is C16H24N2O4. The van der Waals surface area contributed by atoms with E-state index in [0.29, 0.717) is 24.5 Å². The van der Waals surface area contributed by atoms with E-state index >= 15 is 0 Å². The third-order valence-corrected chi connectivity index (χ3v) is 3.13. The highest BCUT2D eigenvalue weighted by Gasteiger charge is 2.15. The Labute approximate surface area is 131 Å². The van der Waals surface area contributed by atoms with Crippen molar-refractivity contribution >= 4 is 5.91 Å². The van der Waals surface area contributed by atoms with Crippen molar-refractivity contribution in [2.75, 3.05) is 27.9 Å². The van der Waals surface area contributed by atoms with Crippen LogP contribution in [-0.2, 0) is 22.5 Å². The third kappa shape index (κ3) is 4.75. The van der Waals surface area contributed by atoms with E-state index in [1.807, 2.05) is 12.1 Å². The first-order valence-corrected chi connectivity index (χ1v) is 6.94. The van der Waals surface area contributed by atoms with Crippen LogP contribution in [0.15, 0.2) is 24.8 Å². The van der Waals surface area contributed by atoms with Gasteiger partial charge in [-0.3, -0.25) is 4.79 Å². The summed E-state index contributed by atoms with van der Waals surface area (Å²) >= 11 is 0. The maximum atomic E-state index is 11.8. The minimum Gasteiger partial charge on any atom is -0.493 e. The number of allylic oxidation sites excluding steroid dienone is 1. The lowest BCUT2D eigenvalue weighted by Gasteiger charge is -2.16. The van der Waals surface area contributed by atoms with E-state index in [9.17, 15) is 4.79 Å². The van der Waals surface area contributed by atoms with Crippen molar-refractivity contribution < 1.29 is 19.0 Å². The monoisotopic (exact) mass is 308 g/mol. The summed E-state index contributed by atoms with van der Waals surface area (Å²) in [7, 11) is 4.67. The molecule has 3 N–H and O–H groups in total. The molecule has 0 fully saturated rings. The maximum absolute atomic E-state index is 11.8. The first-order valence-electron chi connectivity index (χ1n) is 6.94. The number of nitrogens with one attached hydrogen (secondary N) is 1. The molecule has 1 atom stereocenters. The fourth-order valence-corrected chi connectivity index (χ4v) is 2.09. The van der Waals surface area contributed by atoms with E-state index in [4.69, 9.17) is 19.9 Å². The largest absolute Gasteiger partial charge is 0.493 e. The van der Waals surface area contributed by atoms with Crippen molar-refractivity contribution in [2.24, 2.45) is 5.73 Å². The number of methoxy groups -OCH3 is 3. The molecule has 1 aromatic carbocycles. The molecule has 0 radical (unpaired) electrons. The fourth-order valence-electron chi connectivity index (χ4n) is 2.09. The second-order valence-electron chi connectivity index (χ2n) is 4.76. The number of amides is 1. The Hall–Kier alpha value is -2.05. The summed E-state index contributed by atoms with van der Waals surface area (Å²) in [6, 6.07) is 3.09. The zero-order valence-electron chi connectivity index (χ0n) is 13.3. The van der Waals surface area contributed by atoms with Gasteiger partial charge in [-0.05, 0) is 24.1 Å². The van der Waals surface area contributed by atoms with Crippen LogP contribution in [0.5, 0.6) is 11.5 Å². The lowest BCUT2D eigenvalue weighted by Crippen LogP contribution is -2.43. The van der Waals surface area contributed by atoms with Gasteiger partial charge in [0.2, 0.25) is 5.91 Å². The highest BCUT2D eigenvalue weighted by molar-refractivity contribution is 5.81. The summed E-state index contributed by atoms with van der Waals surface area (Å²) in [5.41, 5.74) is 7.52. The highest BCUT2D eigenvalue weighted by Crippen LogP contribution is 2.33. The zero-order chi connectivity index (χ0) is 16.5. The van der Waals surface area contributed by atoms with Gasteiger partial charge in [-0.2, -0.15) is 0 Å². The van der Waals surface area contributed by atoms with E-state index < -0.39 is 6.04 Å². The van der Waals surface area contributed by atoms with Crippen molar-refractivity contribution in [1.82, 2.24) is 5.32 Å². The van der Waals surface area contributed by atoms with Crippen LogP contribution in [-0.4, -0.2) is 39.9 Å². The molecule has 0 aliphatic rings. The Kier molecular flexibility index (Phi) is 7.42. The van der Waals surface area contributed by atoms with E-state index in [1.165, 1.54) is 7.11 Å². The summed E-state index contributed by atoms with van der Waals surface area (Å²) in [5.74, 6) is 1.03. The summed E-state index contributed by atoms with van der Waals surface area (Å²) in [6.07, 6.45) is 2.43. The number of benzene rings is 1. The molecule has 122 valence electrons. The van der Waals surface area contributed by atoms with Crippen LogP contribution >= 0.6 is 0 Å². The van der Waals surface area contributed by atoms with Crippen molar-refractivity contribution in [2.45, 2.75) is 19.0 Å². The van der Waals surface area contributed by atoms with E-state index in [0.717, 1.165) is 11.1 Å². The van der Waals surface area contributed by atoms with Crippen molar-refractivity contribution in [3.05, 3.63) is 35.9 Å². The van der Waals surface area contributed by atoms with Gasteiger partial charge < -0.3 is 25.3 Å². The van der Waals surface area contributed by atoms with Gasteiger partial charge in [0, 0.05) is 19.2 Å². The number of hydrogen-bond acceptors (Lipinski definition) is 5. The second kappa shape index (κ2) is 9.07. The van der Waals surface area contributed by atoms with Gasteiger partial charge in [0.05, 0.1) is 20.8 Å². The molecule has 22 heavy (non-hydrogen) atoms. The predicted octanol–water partition coefficient (Wildman–Crippen LogP) is 1.02. The van der Waals surface area contributed by atoms with Gasteiger partial charge in [0.1, 0.15) is 6.04 Å². The molecule has 1 aromatic rings. The first kappa shape index (κ1) is 18.0. The zero-order valence-corrected chi connectivity index (χ0v) is 13.3. The molecule has 0 aliphatic heterocycles. The van der Waals surface area contributed by atoms with Crippen LogP contribution in [0.4, 0.5) is 0 Å². The van der Waals surface area contributed by atoms with Crippen LogP contribution in [0.2, 0.25) is 0 Å². The molecule has 0 heterocycles. The summed E-state index contributed by atoms with van der Waals surface area (Å²) in [4.78, 5) is 11.8. The molecule has 0 saturated heterocycles. The van der Waals surface area contributed by atoms with Gasteiger partial charge in [0.25, 0.3) is 0 Å². The molecule has 1 amide bonds. The quantitative estimate of drug-likeness (QED) is 0.666. The van der Waals surface area contributed by atoms with Crippen LogP contribution in [0, 0.1) is 0 Å². The molecule has 0 bridgehead atoms. The van der Waals surface area contributed by atoms with E-state index in [-0.39, 0.29) is 12.5 Å². The summed E-state index contributed by atoms with van der Waals surface area (Å²) in [5, 5.41) is 2.78. The lowest BCUT2D eigenvalue weighted by atomic mass is 10.1. The first-order chi connectivity index (χ1) is 10.6. The summed E-state index contributed by atoms with van der Waals surface area (Å²) < 4.78 is 15.6. The molecular weight excluding hydrogens is 284 g/mol. The SMILES string of the molecule is C=CCc1cc(CNC(=O)C(N)COC)cc(OC)c1OC. The van der Waals surface area contributed by atoms with Gasteiger partial charge in [-0.25, -0.2) is 0 Å².